The summed E-state index contributed by atoms with van der Waals surface area (Å²) in [5.41, 5.74) is 1.88. The maximum atomic E-state index is 6.26. The summed E-state index contributed by atoms with van der Waals surface area (Å²) in [6.07, 6.45) is 5.06. The number of aromatic nitrogens is 1. The molecule has 1 saturated carbocycles. The van der Waals surface area contributed by atoms with Crippen molar-refractivity contribution in [2.24, 2.45) is 5.92 Å². The topological polar surface area (TPSA) is 35.3 Å². The van der Waals surface area contributed by atoms with Crippen molar-refractivity contribution in [3.05, 3.63) is 35.3 Å². The van der Waals surface area contributed by atoms with E-state index in [1.165, 1.54) is 19.2 Å². The summed E-state index contributed by atoms with van der Waals surface area (Å²) >= 11 is 6.26. The molecule has 2 aromatic rings. The third-order valence-electron chi connectivity index (χ3n) is 3.24. The highest BCUT2D eigenvalue weighted by molar-refractivity contribution is 6.33. The van der Waals surface area contributed by atoms with E-state index in [4.69, 9.17) is 20.8 Å². The number of nitrogens with zero attached hydrogens (tertiary/aromatic N) is 1. The zero-order valence-electron chi connectivity index (χ0n) is 10.1. The van der Waals surface area contributed by atoms with E-state index >= 15 is 0 Å². The Morgan fingerprint density at radius 3 is 2.94 bits per heavy atom. The van der Waals surface area contributed by atoms with E-state index in [0.29, 0.717) is 5.02 Å². The van der Waals surface area contributed by atoms with Gasteiger partial charge in [-0.3, -0.25) is 0 Å². The van der Waals surface area contributed by atoms with Crippen molar-refractivity contribution < 1.29 is 9.15 Å². The summed E-state index contributed by atoms with van der Waals surface area (Å²) in [5, 5.41) is 0.628. The van der Waals surface area contributed by atoms with Crippen LogP contribution in [0.25, 0.3) is 11.3 Å². The van der Waals surface area contributed by atoms with Crippen LogP contribution in [-0.2, 0) is 6.42 Å². The zero-order valence-corrected chi connectivity index (χ0v) is 10.9. The van der Waals surface area contributed by atoms with E-state index in [-0.39, 0.29) is 0 Å². The van der Waals surface area contributed by atoms with E-state index in [1.807, 2.05) is 12.1 Å². The Labute approximate surface area is 111 Å². The lowest BCUT2D eigenvalue weighted by atomic mass is 10.1. The van der Waals surface area contributed by atoms with Gasteiger partial charge in [-0.1, -0.05) is 11.6 Å². The maximum Gasteiger partial charge on any atom is 0.181 e. The average Bonchev–Trinajstić information content (AvgIpc) is 3.07. The van der Waals surface area contributed by atoms with Gasteiger partial charge in [0.2, 0.25) is 0 Å². The highest BCUT2D eigenvalue weighted by atomic mass is 35.5. The van der Waals surface area contributed by atoms with Crippen LogP contribution in [0.4, 0.5) is 0 Å². The van der Waals surface area contributed by atoms with Crippen LogP contribution in [-0.4, -0.2) is 12.1 Å². The summed E-state index contributed by atoms with van der Waals surface area (Å²) in [4.78, 5) is 4.30. The van der Waals surface area contributed by atoms with E-state index in [9.17, 15) is 0 Å². The number of ether oxygens (including phenoxy) is 1. The molecule has 0 saturated heterocycles. The highest BCUT2D eigenvalue weighted by Crippen LogP contribution is 2.37. The second-order valence-corrected chi connectivity index (χ2v) is 5.03. The minimum atomic E-state index is 0.628. The summed E-state index contributed by atoms with van der Waals surface area (Å²) in [6, 6.07) is 5.59. The molecule has 1 aromatic carbocycles. The van der Waals surface area contributed by atoms with Gasteiger partial charge in [-0.2, -0.15) is 0 Å². The van der Waals surface area contributed by atoms with Gasteiger partial charge in [-0.25, -0.2) is 4.98 Å². The van der Waals surface area contributed by atoms with Gasteiger partial charge >= 0.3 is 0 Å². The molecule has 1 aliphatic rings. The van der Waals surface area contributed by atoms with Crippen molar-refractivity contribution in [1.29, 1.82) is 0 Å². The van der Waals surface area contributed by atoms with Crippen molar-refractivity contribution >= 4 is 11.6 Å². The summed E-state index contributed by atoms with van der Waals surface area (Å²) in [7, 11) is 1.62. The Kier molecular flexibility index (Phi) is 3.00. The number of benzene rings is 1. The molecule has 0 amide bonds. The molecule has 0 aliphatic heterocycles. The van der Waals surface area contributed by atoms with Crippen molar-refractivity contribution in [2.75, 3.05) is 7.11 Å². The second kappa shape index (κ2) is 4.65. The number of hydrogen-bond donors (Lipinski definition) is 0. The van der Waals surface area contributed by atoms with Crippen molar-refractivity contribution in [2.45, 2.75) is 19.3 Å². The predicted octanol–water partition coefficient (Wildman–Crippen LogP) is 3.96. The first kappa shape index (κ1) is 11.6. The third kappa shape index (κ3) is 2.23. The van der Waals surface area contributed by atoms with Crippen LogP contribution in [0.5, 0.6) is 5.75 Å². The number of oxazole rings is 1. The van der Waals surface area contributed by atoms with Crippen LogP contribution in [0.3, 0.4) is 0 Å². The van der Waals surface area contributed by atoms with Crippen molar-refractivity contribution in [3.63, 3.8) is 0 Å². The van der Waals surface area contributed by atoms with E-state index in [1.54, 1.807) is 13.2 Å². The molecule has 4 heteroatoms. The van der Waals surface area contributed by atoms with Crippen LogP contribution >= 0.6 is 11.6 Å². The van der Waals surface area contributed by atoms with E-state index in [0.717, 1.165) is 35.1 Å². The smallest absolute Gasteiger partial charge is 0.181 e. The molecule has 0 bridgehead atoms. The Bertz CT molecular complexity index is 561. The Morgan fingerprint density at radius 2 is 2.28 bits per heavy atom. The van der Waals surface area contributed by atoms with Crippen molar-refractivity contribution in [1.82, 2.24) is 4.98 Å². The van der Waals surface area contributed by atoms with Gasteiger partial charge in [0.1, 0.15) is 5.75 Å². The number of methoxy groups -OCH3 is 1. The molecule has 0 unspecified atom stereocenters. The van der Waals surface area contributed by atoms with Gasteiger partial charge in [-0.05, 0) is 43.4 Å². The highest BCUT2D eigenvalue weighted by Gasteiger charge is 2.25. The monoisotopic (exact) mass is 263 g/mol. The first-order chi connectivity index (χ1) is 8.78. The number of hydrogen-bond acceptors (Lipinski definition) is 3. The molecular formula is C14H14ClNO2. The fraction of sp³-hybridized carbons (Fsp3) is 0.357. The van der Waals surface area contributed by atoms with Crippen molar-refractivity contribution in [3.8, 4) is 17.1 Å². The van der Waals surface area contributed by atoms with Crippen LogP contribution in [0.2, 0.25) is 5.02 Å². The molecule has 1 aliphatic carbocycles. The summed E-state index contributed by atoms with van der Waals surface area (Å²) < 4.78 is 10.6. The molecule has 94 valence electrons. The Balaban J connectivity index is 1.95. The Morgan fingerprint density at radius 1 is 1.44 bits per heavy atom. The Hall–Kier alpha value is -1.48. The van der Waals surface area contributed by atoms with E-state index < -0.39 is 0 Å². The van der Waals surface area contributed by atoms with Gasteiger partial charge in [-0.15, -0.1) is 0 Å². The lowest BCUT2D eigenvalue weighted by Gasteiger charge is -2.05. The molecular weight excluding hydrogens is 250 g/mol. The van der Waals surface area contributed by atoms with Crippen LogP contribution in [0, 0.1) is 5.92 Å². The first-order valence-corrected chi connectivity index (χ1v) is 6.42. The van der Waals surface area contributed by atoms with Gasteiger partial charge in [0.15, 0.2) is 12.2 Å². The molecule has 3 rings (SSSR count). The molecule has 3 nitrogen and oxygen atoms in total. The minimum Gasteiger partial charge on any atom is -0.497 e. The minimum absolute atomic E-state index is 0.628. The normalized spacial score (nSPS) is 14.8. The molecule has 0 spiro atoms. The second-order valence-electron chi connectivity index (χ2n) is 4.62. The SMILES string of the molecule is COc1ccc(-c2ocnc2CC2CC2)c(Cl)c1. The molecule has 18 heavy (non-hydrogen) atoms. The fourth-order valence-electron chi connectivity index (χ4n) is 2.04. The predicted molar refractivity (Wildman–Crippen MR) is 69.9 cm³/mol. The largest absolute Gasteiger partial charge is 0.497 e. The van der Waals surface area contributed by atoms with Gasteiger partial charge in [0, 0.05) is 5.56 Å². The molecule has 1 aromatic heterocycles. The fourth-order valence-corrected chi connectivity index (χ4v) is 2.29. The molecule has 0 atom stereocenters. The lowest BCUT2D eigenvalue weighted by molar-refractivity contribution is 0.415. The molecule has 0 N–H and O–H groups in total. The van der Waals surface area contributed by atoms with Gasteiger partial charge in [0.25, 0.3) is 0 Å². The van der Waals surface area contributed by atoms with Crippen LogP contribution < -0.4 is 4.74 Å². The number of rotatable bonds is 4. The molecule has 1 heterocycles. The summed E-state index contributed by atoms with van der Waals surface area (Å²) in [5.74, 6) is 2.30. The number of halogens is 1. The van der Waals surface area contributed by atoms with E-state index in [2.05, 4.69) is 4.98 Å². The first-order valence-electron chi connectivity index (χ1n) is 6.04. The zero-order chi connectivity index (χ0) is 12.5. The average molecular weight is 264 g/mol. The standard InChI is InChI=1S/C14H14ClNO2/c1-17-10-4-5-11(12(15)7-10)14-13(16-8-18-14)6-9-2-3-9/h4-5,7-9H,2-3,6H2,1H3. The van der Waals surface area contributed by atoms with Crippen LogP contribution in [0.1, 0.15) is 18.5 Å². The van der Waals surface area contributed by atoms with Gasteiger partial charge in [0.05, 0.1) is 17.8 Å². The molecule has 1 fully saturated rings. The van der Waals surface area contributed by atoms with Crippen LogP contribution in [0.15, 0.2) is 29.0 Å². The summed E-state index contributed by atoms with van der Waals surface area (Å²) in [6.45, 7) is 0. The maximum absolute atomic E-state index is 6.26. The third-order valence-corrected chi connectivity index (χ3v) is 3.55. The van der Waals surface area contributed by atoms with Gasteiger partial charge < -0.3 is 9.15 Å². The quantitative estimate of drug-likeness (QED) is 0.838. The lowest BCUT2D eigenvalue weighted by Crippen LogP contribution is -1.91. The molecule has 0 radical (unpaired) electrons.